The molecular formula is C17H26F3IN4O. The van der Waals surface area contributed by atoms with Gasteiger partial charge in [-0.25, -0.2) is 0 Å². The van der Waals surface area contributed by atoms with E-state index in [1.807, 2.05) is 30.3 Å². The summed E-state index contributed by atoms with van der Waals surface area (Å²) in [5, 5.41) is 5.84. The van der Waals surface area contributed by atoms with E-state index in [0.717, 1.165) is 12.6 Å². The fourth-order valence-electron chi connectivity index (χ4n) is 2.17. The molecule has 2 N–H and O–H groups in total. The van der Waals surface area contributed by atoms with E-state index < -0.39 is 18.6 Å². The third-order valence-corrected chi connectivity index (χ3v) is 3.73. The summed E-state index contributed by atoms with van der Waals surface area (Å²) in [7, 11) is 2.65. The van der Waals surface area contributed by atoms with E-state index in [-0.39, 0.29) is 35.9 Å². The van der Waals surface area contributed by atoms with Gasteiger partial charge in [0.1, 0.15) is 6.54 Å². The molecule has 0 aliphatic rings. The van der Waals surface area contributed by atoms with Crippen LogP contribution in [-0.4, -0.2) is 56.7 Å². The summed E-state index contributed by atoms with van der Waals surface area (Å²) in [5.74, 6) is -0.305. The fraction of sp³-hybridized carbons (Fsp3) is 0.529. The van der Waals surface area contributed by atoms with Crippen molar-refractivity contribution in [3.8, 4) is 0 Å². The normalized spacial score (nSPS) is 12.2. The maximum absolute atomic E-state index is 12.3. The molecule has 26 heavy (non-hydrogen) atoms. The molecule has 0 aliphatic carbocycles. The molecule has 0 bridgehead atoms. The molecule has 1 rings (SSSR count). The Morgan fingerprint density at radius 2 is 1.73 bits per heavy atom. The van der Waals surface area contributed by atoms with Crippen LogP contribution >= 0.6 is 24.0 Å². The Kier molecular flexibility index (Phi) is 9.97. The van der Waals surface area contributed by atoms with E-state index in [4.69, 9.17) is 0 Å². The number of hydrogen-bond donors (Lipinski definition) is 2. The van der Waals surface area contributed by atoms with Gasteiger partial charge in [-0.1, -0.05) is 44.2 Å². The molecule has 0 saturated heterocycles. The predicted octanol–water partition coefficient (Wildman–Crippen LogP) is 2.77. The molecule has 0 aliphatic heterocycles. The van der Waals surface area contributed by atoms with Gasteiger partial charge in [0.25, 0.3) is 0 Å². The van der Waals surface area contributed by atoms with Gasteiger partial charge >= 0.3 is 6.18 Å². The summed E-state index contributed by atoms with van der Waals surface area (Å²) in [6.45, 7) is 3.12. The van der Waals surface area contributed by atoms with Crippen LogP contribution in [0.3, 0.4) is 0 Å². The second-order valence-electron chi connectivity index (χ2n) is 6.39. The quantitative estimate of drug-likeness (QED) is 0.370. The Balaban J connectivity index is 0.00000625. The first kappa shape index (κ1) is 24.5. The van der Waals surface area contributed by atoms with Crippen molar-refractivity contribution in [1.29, 1.82) is 0 Å². The molecule has 0 saturated carbocycles. The zero-order chi connectivity index (χ0) is 19.1. The van der Waals surface area contributed by atoms with E-state index in [1.54, 1.807) is 0 Å². The zero-order valence-electron chi connectivity index (χ0n) is 15.4. The summed E-state index contributed by atoms with van der Waals surface area (Å²) in [6, 6.07) is 9.90. The van der Waals surface area contributed by atoms with Gasteiger partial charge in [-0.05, 0) is 5.56 Å². The largest absolute Gasteiger partial charge is 0.406 e. The number of rotatable bonds is 6. The number of nitrogens with one attached hydrogen (secondary N) is 2. The van der Waals surface area contributed by atoms with Crippen LogP contribution in [0.2, 0.25) is 0 Å². The second-order valence-corrected chi connectivity index (χ2v) is 6.39. The van der Waals surface area contributed by atoms with Crippen LogP contribution < -0.4 is 10.6 Å². The molecule has 9 heteroatoms. The van der Waals surface area contributed by atoms with Crippen LogP contribution in [-0.2, 0) is 10.2 Å². The average molecular weight is 486 g/mol. The van der Waals surface area contributed by atoms with Gasteiger partial charge in [0.15, 0.2) is 5.96 Å². The van der Waals surface area contributed by atoms with E-state index in [9.17, 15) is 18.0 Å². The Morgan fingerprint density at radius 1 is 1.15 bits per heavy atom. The monoisotopic (exact) mass is 486 g/mol. The maximum Gasteiger partial charge on any atom is 0.406 e. The third kappa shape index (κ3) is 8.72. The van der Waals surface area contributed by atoms with Gasteiger partial charge in [0, 0.05) is 26.1 Å². The van der Waals surface area contributed by atoms with Crippen LogP contribution in [0.5, 0.6) is 0 Å². The van der Waals surface area contributed by atoms with Gasteiger partial charge < -0.3 is 15.5 Å². The Labute approximate surface area is 169 Å². The molecule has 0 spiro atoms. The van der Waals surface area contributed by atoms with Crippen molar-refractivity contribution in [3.63, 3.8) is 0 Å². The van der Waals surface area contributed by atoms with Gasteiger partial charge in [-0.3, -0.25) is 9.79 Å². The lowest BCUT2D eigenvalue weighted by atomic mass is 9.85. The molecule has 0 atom stereocenters. The van der Waals surface area contributed by atoms with Crippen LogP contribution in [0.25, 0.3) is 0 Å². The summed E-state index contributed by atoms with van der Waals surface area (Å²) in [5.41, 5.74) is 0.953. The lowest BCUT2D eigenvalue weighted by Gasteiger charge is -2.27. The SMILES string of the molecule is CN=C(NCC(=O)N(C)CC(F)(F)F)NCC(C)(C)c1ccccc1.I. The minimum atomic E-state index is -4.41. The first-order chi connectivity index (χ1) is 11.5. The molecule has 0 heterocycles. The first-order valence-corrected chi connectivity index (χ1v) is 7.86. The van der Waals surface area contributed by atoms with Crippen molar-refractivity contribution in [2.24, 2.45) is 4.99 Å². The van der Waals surface area contributed by atoms with Crippen LogP contribution in [0, 0.1) is 0 Å². The number of aliphatic imine (C=N–C) groups is 1. The number of carbonyl (C=O) groups is 1. The zero-order valence-corrected chi connectivity index (χ0v) is 17.7. The summed E-state index contributed by atoms with van der Waals surface area (Å²) < 4.78 is 36.9. The molecule has 0 fully saturated rings. The second kappa shape index (κ2) is 10.6. The fourth-order valence-corrected chi connectivity index (χ4v) is 2.17. The Morgan fingerprint density at radius 3 is 2.23 bits per heavy atom. The predicted molar refractivity (Wildman–Crippen MR) is 108 cm³/mol. The van der Waals surface area contributed by atoms with Crippen LogP contribution in [0.15, 0.2) is 35.3 Å². The smallest absolute Gasteiger partial charge is 0.356 e. The number of carbonyl (C=O) groups excluding carboxylic acids is 1. The number of hydrogen-bond acceptors (Lipinski definition) is 2. The van der Waals surface area contributed by atoms with Crippen molar-refractivity contribution < 1.29 is 18.0 Å². The van der Waals surface area contributed by atoms with Gasteiger partial charge in [-0.15, -0.1) is 24.0 Å². The highest BCUT2D eigenvalue weighted by molar-refractivity contribution is 14.0. The molecular weight excluding hydrogens is 460 g/mol. The molecule has 1 aromatic carbocycles. The first-order valence-electron chi connectivity index (χ1n) is 7.86. The summed E-state index contributed by atoms with van der Waals surface area (Å²) >= 11 is 0. The summed E-state index contributed by atoms with van der Waals surface area (Å²) in [4.78, 5) is 16.4. The molecule has 0 unspecified atom stereocenters. The highest BCUT2D eigenvalue weighted by Crippen LogP contribution is 2.21. The van der Waals surface area contributed by atoms with Crippen LogP contribution in [0.4, 0.5) is 13.2 Å². The van der Waals surface area contributed by atoms with Gasteiger partial charge in [0.2, 0.25) is 5.91 Å². The van der Waals surface area contributed by atoms with E-state index in [2.05, 4.69) is 29.5 Å². The average Bonchev–Trinajstić information content (AvgIpc) is 2.54. The van der Waals surface area contributed by atoms with Gasteiger partial charge in [-0.2, -0.15) is 13.2 Å². The Bertz CT molecular complexity index is 591. The van der Waals surface area contributed by atoms with E-state index in [0.29, 0.717) is 17.4 Å². The topological polar surface area (TPSA) is 56.7 Å². The highest BCUT2D eigenvalue weighted by Gasteiger charge is 2.31. The lowest BCUT2D eigenvalue weighted by molar-refractivity contribution is -0.157. The molecule has 0 aromatic heterocycles. The van der Waals surface area contributed by atoms with Crippen LogP contribution in [0.1, 0.15) is 19.4 Å². The minimum absolute atomic E-state index is 0. The van der Waals surface area contributed by atoms with Crippen molar-refractivity contribution in [2.45, 2.75) is 25.4 Å². The number of alkyl halides is 3. The lowest BCUT2D eigenvalue weighted by Crippen LogP contribution is -2.47. The highest BCUT2D eigenvalue weighted by atomic mass is 127. The number of nitrogens with zero attached hydrogens (tertiary/aromatic N) is 2. The number of guanidine groups is 1. The maximum atomic E-state index is 12.3. The number of benzene rings is 1. The minimum Gasteiger partial charge on any atom is -0.356 e. The molecule has 148 valence electrons. The van der Waals surface area contributed by atoms with Crippen molar-refractivity contribution in [1.82, 2.24) is 15.5 Å². The Hall–Kier alpha value is -1.52. The van der Waals surface area contributed by atoms with Crippen molar-refractivity contribution in [2.75, 3.05) is 33.7 Å². The van der Waals surface area contributed by atoms with Crippen molar-refractivity contribution in [3.05, 3.63) is 35.9 Å². The number of halogens is 4. The molecule has 1 aromatic rings. The van der Waals surface area contributed by atoms with E-state index in [1.165, 1.54) is 7.05 Å². The molecule has 1 amide bonds. The van der Waals surface area contributed by atoms with Crippen molar-refractivity contribution >= 4 is 35.8 Å². The number of likely N-dealkylation sites (N-methyl/N-ethyl adjacent to an activating group) is 1. The van der Waals surface area contributed by atoms with E-state index >= 15 is 0 Å². The summed E-state index contributed by atoms with van der Waals surface area (Å²) in [6.07, 6.45) is -4.41. The molecule has 5 nitrogen and oxygen atoms in total. The molecule has 0 radical (unpaired) electrons. The third-order valence-electron chi connectivity index (χ3n) is 3.73. The van der Waals surface area contributed by atoms with Gasteiger partial charge in [0.05, 0.1) is 6.54 Å². The standard InChI is InChI=1S/C17H25F3N4O.HI/c1-16(2,13-8-6-5-7-9-13)11-23-15(21-3)22-10-14(25)24(4)12-17(18,19)20;/h5-9H,10-12H2,1-4H3,(H2,21,22,23);1H. The number of amides is 1.